The molecule has 0 radical (unpaired) electrons. The number of halogens is 1. The van der Waals surface area contributed by atoms with Gasteiger partial charge in [-0.25, -0.2) is 0 Å². The van der Waals surface area contributed by atoms with Crippen LogP contribution in [0.4, 0.5) is 0 Å². The van der Waals surface area contributed by atoms with E-state index >= 15 is 0 Å². The number of hydrogen-bond acceptors (Lipinski definition) is 3. The zero-order chi connectivity index (χ0) is 19.7. The van der Waals surface area contributed by atoms with E-state index < -0.39 is 0 Å². The first kappa shape index (κ1) is 19.0. The van der Waals surface area contributed by atoms with Gasteiger partial charge in [0.15, 0.2) is 5.96 Å². The summed E-state index contributed by atoms with van der Waals surface area (Å²) < 4.78 is 0. The van der Waals surface area contributed by atoms with E-state index in [-0.39, 0.29) is 35.5 Å². The smallest absolute Gasteiger partial charge is 0.233 e. The number of benzene rings is 1. The summed E-state index contributed by atoms with van der Waals surface area (Å²) in [5.74, 6) is 1.06. The highest BCUT2D eigenvalue weighted by Gasteiger charge is 2.58. The molecule has 6 nitrogen and oxygen atoms in total. The van der Waals surface area contributed by atoms with Crippen molar-refractivity contribution in [2.45, 2.75) is 19.4 Å². The highest BCUT2D eigenvalue weighted by Crippen LogP contribution is 2.52. The number of guanidine groups is 1. The number of imide groups is 1. The first-order valence-electron chi connectivity index (χ1n) is 9.81. The number of allylic oxidation sites excluding steroid dienone is 2. The van der Waals surface area contributed by atoms with Crippen molar-refractivity contribution in [3.8, 4) is 0 Å². The average Bonchev–Trinajstić information content (AvgIpc) is 3.38. The second-order valence-corrected chi connectivity index (χ2v) is 8.10. The van der Waals surface area contributed by atoms with E-state index in [1.165, 1.54) is 4.90 Å². The van der Waals surface area contributed by atoms with E-state index in [0.717, 1.165) is 12.0 Å². The molecule has 2 N–H and O–H groups in total. The molecular formula is C21H25ClN4O2. The molecule has 4 atom stereocenters. The number of hydrogen-bond donors (Lipinski definition) is 2. The van der Waals surface area contributed by atoms with Crippen molar-refractivity contribution in [3.05, 3.63) is 47.0 Å². The molecule has 1 aliphatic heterocycles. The van der Waals surface area contributed by atoms with Crippen LogP contribution in [-0.2, 0) is 16.1 Å². The summed E-state index contributed by atoms with van der Waals surface area (Å²) in [4.78, 5) is 31.0. The van der Waals surface area contributed by atoms with Gasteiger partial charge in [0.25, 0.3) is 0 Å². The molecule has 1 saturated heterocycles. The van der Waals surface area contributed by atoms with Crippen molar-refractivity contribution in [3.63, 3.8) is 0 Å². The lowest BCUT2D eigenvalue weighted by molar-refractivity contribution is -0.140. The van der Waals surface area contributed by atoms with Crippen LogP contribution in [0.15, 0.2) is 41.4 Å². The Bertz CT molecular complexity index is 790. The minimum Gasteiger partial charge on any atom is -0.356 e. The molecule has 1 heterocycles. The van der Waals surface area contributed by atoms with Crippen LogP contribution in [-0.4, -0.2) is 42.8 Å². The van der Waals surface area contributed by atoms with Crippen LogP contribution in [0, 0.1) is 23.7 Å². The molecule has 2 bridgehead atoms. The van der Waals surface area contributed by atoms with Crippen LogP contribution >= 0.6 is 11.6 Å². The second kappa shape index (κ2) is 7.95. The summed E-state index contributed by atoms with van der Waals surface area (Å²) >= 11 is 5.90. The number of likely N-dealkylation sites (tertiary alicyclic amines) is 1. The second-order valence-electron chi connectivity index (χ2n) is 7.66. The van der Waals surface area contributed by atoms with Gasteiger partial charge in [0.1, 0.15) is 0 Å². The lowest BCUT2D eigenvalue weighted by Gasteiger charge is -2.18. The third-order valence-corrected chi connectivity index (χ3v) is 6.26. The van der Waals surface area contributed by atoms with Crippen LogP contribution in [0.5, 0.6) is 0 Å². The maximum absolute atomic E-state index is 12.7. The summed E-state index contributed by atoms with van der Waals surface area (Å²) in [7, 11) is 1.72. The van der Waals surface area contributed by atoms with Gasteiger partial charge in [-0.05, 0) is 42.4 Å². The molecule has 28 heavy (non-hydrogen) atoms. The number of nitrogens with zero attached hydrogens (tertiary/aromatic N) is 2. The van der Waals surface area contributed by atoms with Gasteiger partial charge in [-0.3, -0.25) is 19.5 Å². The number of carbonyl (C=O) groups is 2. The first-order valence-corrected chi connectivity index (χ1v) is 10.2. The number of amides is 2. The fraction of sp³-hybridized carbons (Fsp3) is 0.476. The van der Waals surface area contributed by atoms with Crippen molar-refractivity contribution in [2.75, 3.05) is 20.1 Å². The normalized spacial score (nSPS) is 28.2. The zero-order valence-electron chi connectivity index (χ0n) is 15.9. The quantitative estimate of drug-likeness (QED) is 0.252. The van der Waals surface area contributed by atoms with E-state index in [1.54, 1.807) is 7.05 Å². The summed E-state index contributed by atoms with van der Waals surface area (Å²) in [5.41, 5.74) is 1.11. The molecule has 2 aliphatic carbocycles. The topological polar surface area (TPSA) is 73.8 Å². The molecular weight excluding hydrogens is 376 g/mol. The Balaban J connectivity index is 1.21. The predicted octanol–water partition coefficient (Wildman–Crippen LogP) is 2.20. The molecule has 0 aromatic heterocycles. The van der Waals surface area contributed by atoms with E-state index in [0.29, 0.717) is 37.0 Å². The number of aliphatic imine (C=N–C) groups is 1. The maximum Gasteiger partial charge on any atom is 0.233 e. The Kier molecular flexibility index (Phi) is 5.40. The highest BCUT2D eigenvalue weighted by atomic mass is 35.5. The molecule has 4 rings (SSSR count). The molecule has 4 unspecified atom stereocenters. The van der Waals surface area contributed by atoms with Gasteiger partial charge in [0.2, 0.25) is 11.8 Å². The molecule has 3 aliphatic rings. The zero-order valence-corrected chi connectivity index (χ0v) is 16.7. The van der Waals surface area contributed by atoms with Gasteiger partial charge in [-0.1, -0.05) is 35.9 Å². The number of fused-ring (bicyclic) bond motifs is 5. The molecule has 148 valence electrons. The molecule has 2 amide bonds. The Hall–Kier alpha value is -2.34. The van der Waals surface area contributed by atoms with Crippen molar-refractivity contribution >= 4 is 29.4 Å². The maximum atomic E-state index is 12.7. The van der Waals surface area contributed by atoms with Crippen molar-refractivity contribution in [1.82, 2.24) is 15.5 Å². The summed E-state index contributed by atoms with van der Waals surface area (Å²) in [5, 5.41) is 7.19. The average molecular weight is 401 g/mol. The molecule has 7 heteroatoms. The van der Waals surface area contributed by atoms with E-state index in [1.807, 2.05) is 24.3 Å². The SMILES string of the molecule is CN=C(NCCCN1C(=O)C2C3C=CC(C3)C2C1=O)NCc1ccc(Cl)cc1. The van der Waals surface area contributed by atoms with Gasteiger partial charge in [-0.15, -0.1) is 0 Å². The van der Waals surface area contributed by atoms with Gasteiger partial charge in [-0.2, -0.15) is 0 Å². The molecule has 2 fully saturated rings. The van der Waals surface area contributed by atoms with E-state index in [9.17, 15) is 9.59 Å². The standard InChI is InChI=1S/C21H25ClN4O2/c1-23-21(25-12-13-3-7-16(22)8-4-13)24-9-2-10-26-19(27)17-14-5-6-15(11-14)18(17)20(26)28/h3-8,14-15,17-18H,2,9-12H2,1H3,(H2,23,24,25). The summed E-state index contributed by atoms with van der Waals surface area (Å²) in [6.45, 7) is 1.74. The number of rotatable bonds is 6. The largest absolute Gasteiger partial charge is 0.356 e. The minimum atomic E-state index is -0.107. The van der Waals surface area contributed by atoms with Crippen molar-refractivity contribution in [2.24, 2.45) is 28.7 Å². The Morgan fingerprint density at radius 3 is 2.36 bits per heavy atom. The van der Waals surface area contributed by atoms with Crippen LogP contribution in [0.3, 0.4) is 0 Å². The van der Waals surface area contributed by atoms with Crippen molar-refractivity contribution < 1.29 is 9.59 Å². The lowest BCUT2D eigenvalue weighted by atomic mass is 9.85. The molecule has 1 aromatic rings. The number of nitrogens with one attached hydrogen (secondary N) is 2. The van der Waals surface area contributed by atoms with Gasteiger partial charge in [0.05, 0.1) is 11.8 Å². The summed E-state index contributed by atoms with van der Waals surface area (Å²) in [6, 6.07) is 7.64. The Morgan fingerprint density at radius 2 is 1.75 bits per heavy atom. The summed E-state index contributed by atoms with van der Waals surface area (Å²) in [6.07, 6.45) is 5.91. The minimum absolute atomic E-state index is 0.0251. The first-order chi connectivity index (χ1) is 13.6. The van der Waals surface area contributed by atoms with Gasteiger partial charge < -0.3 is 10.6 Å². The molecule has 1 aromatic carbocycles. The molecule has 1 saturated carbocycles. The monoisotopic (exact) mass is 400 g/mol. The predicted molar refractivity (Wildman–Crippen MR) is 109 cm³/mol. The fourth-order valence-corrected chi connectivity index (χ4v) is 4.76. The Labute approximate surface area is 170 Å². The van der Waals surface area contributed by atoms with Crippen LogP contribution in [0.2, 0.25) is 5.02 Å². The van der Waals surface area contributed by atoms with Gasteiger partial charge >= 0.3 is 0 Å². The van der Waals surface area contributed by atoms with Gasteiger partial charge in [0, 0.05) is 31.7 Å². The van der Waals surface area contributed by atoms with Crippen molar-refractivity contribution in [1.29, 1.82) is 0 Å². The highest BCUT2D eigenvalue weighted by molar-refractivity contribution is 6.30. The third-order valence-electron chi connectivity index (χ3n) is 6.01. The van der Waals surface area contributed by atoms with E-state index in [4.69, 9.17) is 11.6 Å². The van der Waals surface area contributed by atoms with Crippen LogP contribution in [0.25, 0.3) is 0 Å². The lowest BCUT2D eigenvalue weighted by Crippen LogP contribution is -2.39. The Morgan fingerprint density at radius 1 is 1.11 bits per heavy atom. The fourth-order valence-electron chi connectivity index (χ4n) is 4.64. The van der Waals surface area contributed by atoms with Crippen LogP contribution < -0.4 is 10.6 Å². The van der Waals surface area contributed by atoms with E-state index in [2.05, 4.69) is 27.8 Å². The molecule has 0 spiro atoms. The third kappa shape index (κ3) is 3.53. The van der Waals surface area contributed by atoms with Crippen LogP contribution in [0.1, 0.15) is 18.4 Å². The number of carbonyl (C=O) groups excluding carboxylic acids is 2.